The number of rotatable bonds is 2. The molecule has 0 saturated carbocycles. The minimum atomic E-state index is -0.316. The van der Waals surface area contributed by atoms with Crippen LogP contribution in [0.3, 0.4) is 0 Å². The Labute approximate surface area is 128 Å². The summed E-state index contributed by atoms with van der Waals surface area (Å²) in [6.07, 6.45) is 1.19. The van der Waals surface area contributed by atoms with Crippen molar-refractivity contribution in [3.05, 3.63) is 36.1 Å². The zero-order chi connectivity index (χ0) is 15.5. The van der Waals surface area contributed by atoms with Gasteiger partial charge in [-0.2, -0.15) is 0 Å². The second-order valence-corrected chi connectivity index (χ2v) is 5.12. The fraction of sp³-hybridized carbons (Fsp3) is 0.375. The summed E-state index contributed by atoms with van der Waals surface area (Å²) in [6, 6.07) is 7.47. The van der Waals surface area contributed by atoms with Crippen LogP contribution in [-0.2, 0) is 4.74 Å². The number of nitrogens with zero attached hydrogens (tertiary/aromatic N) is 2. The first-order valence-corrected chi connectivity index (χ1v) is 7.38. The quantitative estimate of drug-likeness (QED) is 0.854. The van der Waals surface area contributed by atoms with Crippen molar-refractivity contribution in [2.45, 2.75) is 6.92 Å². The highest BCUT2D eigenvalue weighted by molar-refractivity contribution is 6.05. The van der Waals surface area contributed by atoms with Crippen LogP contribution in [0.15, 0.2) is 34.9 Å². The maximum absolute atomic E-state index is 12.6. The SMILES string of the molecule is CCOC(=O)N1CCN(C(=O)c2coc3ccccc23)CC1. The number of piperazine rings is 1. The Kier molecular flexibility index (Phi) is 4.00. The van der Waals surface area contributed by atoms with E-state index in [-0.39, 0.29) is 12.0 Å². The van der Waals surface area contributed by atoms with Gasteiger partial charge in [-0.1, -0.05) is 18.2 Å². The van der Waals surface area contributed by atoms with Gasteiger partial charge in [0, 0.05) is 31.6 Å². The minimum Gasteiger partial charge on any atom is -0.463 e. The van der Waals surface area contributed by atoms with Crippen molar-refractivity contribution in [3.63, 3.8) is 0 Å². The second-order valence-electron chi connectivity index (χ2n) is 5.12. The Morgan fingerprint density at radius 1 is 1.14 bits per heavy atom. The number of furan rings is 1. The van der Waals surface area contributed by atoms with Gasteiger partial charge in [0.1, 0.15) is 11.8 Å². The van der Waals surface area contributed by atoms with Gasteiger partial charge < -0.3 is 19.0 Å². The van der Waals surface area contributed by atoms with E-state index >= 15 is 0 Å². The molecule has 0 unspecified atom stereocenters. The maximum atomic E-state index is 12.6. The molecule has 2 aromatic rings. The van der Waals surface area contributed by atoms with E-state index in [0.29, 0.717) is 43.9 Å². The number of para-hydroxylation sites is 1. The van der Waals surface area contributed by atoms with Crippen molar-refractivity contribution in [3.8, 4) is 0 Å². The molecule has 0 spiro atoms. The molecule has 22 heavy (non-hydrogen) atoms. The standard InChI is InChI=1S/C16H18N2O4/c1-2-21-16(20)18-9-7-17(8-10-18)15(19)13-11-22-14-6-4-3-5-12(13)14/h3-6,11H,2,7-10H2,1H3. The van der Waals surface area contributed by atoms with E-state index in [4.69, 9.17) is 9.15 Å². The number of carbonyl (C=O) groups is 2. The highest BCUT2D eigenvalue weighted by atomic mass is 16.6. The number of hydrogen-bond acceptors (Lipinski definition) is 4. The van der Waals surface area contributed by atoms with Gasteiger partial charge >= 0.3 is 6.09 Å². The van der Waals surface area contributed by atoms with E-state index in [1.165, 1.54) is 6.26 Å². The molecule has 1 aromatic heterocycles. The first kappa shape index (κ1) is 14.4. The number of benzene rings is 1. The van der Waals surface area contributed by atoms with Gasteiger partial charge in [-0.05, 0) is 13.0 Å². The zero-order valence-electron chi connectivity index (χ0n) is 12.4. The van der Waals surface area contributed by atoms with Crippen LogP contribution in [0.4, 0.5) is 4.79 Å². The first-order chi connectivity index (χ1) is 10.7. The van der Waals surface area contributed by atoms with Crippen LogP contribution in [0.25, 0.3) is 11.0 Å². The Balaban J connectivity index is 1.69. The molecule has 2 amide bonds. The lowest BCUT2D eigenvalue weighted by Gasteiger charge is -2.33. The van der Waals surface area contributed by atoms with Crippen LogP contribution in [0.5, 0.6) is 0 Å². The van der Waals surface area contributed by atoms with Gasteiger partial charge in [-0.15, -0.1) is 0 Å². The number of ether oxygens (including phenoxy) is 1. The van der Waals surface area contributed by atoms with Gasteiger partial charge in [0.05, 0.1) is 12.2 Å². The van der Waals surface area contributed by atoms with E-state index < -0.39 is 0 Å². The lowest BCUT2D eigenvalue weighted by molar-refractivity contribution is 0.0571. The monoisotopic (exact) mass is 302 g/mol. The number of hydrogen-bond donors (Lipinski definition) is 0. The third-order valence-corrected chi connectivity index (χ3v) is 3.80. The van der Waals surface area contributed by atoms with E-state index in [1.807, 2.05) is 24.3 Å². The molecule has 116 valence electrons. The summed E-state index contributed by atoms with van der Waals surface area (Å²) in [5.74, 6) is -0.0616. The van der Waals surface area contributed by atoms with E-state index in [0.717, 1.165) is 5.39 Å². The molecule has 2 heterocycles. The van der Waals surface area contributed by atoms with Crippen LogP contribution in [0.2, 0.25) is 0 Å². The number of carbonyl (C=O) groups excluding carboxylic acids is 2. The topological polar surface area (TPSA) is 63.0 Å². The summed E-state index contributed by atoms with van der Waals surface area (Å²) in [5, 5.41) is 0.820. The molecule has 0 aliphatic carbocycles. The summed E-state index contributed by atoms with van der Waals surface area (Å²) in [7, 11) is 0. The van der Waals surface area contributed by atoms with Crippen LogP contribution < -0.4 is 0 Å². The average molecular weight is 302 g/mol. The van der Waals surface area contributed by atoms with Crippen LogP contribution in [-0.4, -0.2) is 54.6 Å². The van der Waals surface area contributed by atoms with Crippen molar-refractivity contribution in [2.24, 2.45) is 0 Å². The van der Waals surface area contributed by atoms with Crippen LogP contribution in [0.1, 0.15) is 17.3 Å². The Morgan fingerprint density at radius 3 is 2.55 bits per heavy atom. The fourth-order valence-corrected chi connectivity index (χ4v) is 2.62. The maximum Gasteiger partial charge on any atom is 0.409 e. The molecule has 3 rings (SSSR count). The highest BCUT2D eigenvalue weighted by Crippen LogP contribution is 2.22. The number of amides is 2. The molecule has 0 atom stereocenters. The molecule has 1 aromatic carbocycles. The molecule has 6 nitrogen and oxygen atoms in total. The van der Waals surface area contributed by atoms with E-state index in [2.05, 4.69) is 0 Å². The largest absolute Gasteiger partial charge is 0.463 e. The molecule has 1 aliphatic rings. The van der Waals surface area contributed by atoms with Crippen molar-refractivity contribution in [1.29, 1.82) is 0 Å². The van der Waals surface area contributed by atoms with E-state index in [1.54, 1.807) is 16.7 Å². The molecule has 1 saturated heterocycles. The Bertz CT molecular complexity index is 686. The summed E-state index contributed by atoms with van der Waals surface area (Å²) >= 11 is 0. The molecule has 1 fully saturated rings. The third-order valence-electron chi connectivity index (χ3n) is 3.80. The fourth-order valence-electron chi connectivity index (χ4n) is 2.62. The van der Waals surface area contributed by atoms with Gasteiger partial charge in [0.15, 0.2) is 0 Å². The lowest BCUT2D eigenvalue weighted by atomic mass is 10.1. The number of fused-ring (bicyclic) bond motifs is 1. The summed E-state index contributed by atoms with van der Waals surface area (Å²) in [5.41, 5.74) is 1.27. The van der Waals surface area contributed by atoms with Crippen molar-refractivity contribution >= 4 is 23.0 Å². The molecule has 6 heteroatoms. The predicted molar refractivity (Wildman–Crippen MR) is 80.7 cm³/mol. The average Bonchev–Trinajstić information content (AvgIpc) is 2.98. The highest BCUT2D eigenvalue weighted by Gasteiger charge is 2.27. The molecule has 0 bridgehead atoms. The van der Waals surface area contributed by atoms with E-state index in [9.17, 15) is 9.59 Å². The van der Waals surface area contributed by atoms with Gasteiger partial charge in [-0.25, -0.2) is 4.79 Å². The Hall–Kier alpha value is -2.50. The third kappa shape index (κ3) is 2.64. The van der Waals surface area contributed by atoms with Crippen molar-refractivity contribution < 1.29 is 18.7 Å². The first-order valence-electron chi connectivity index (χ1n) is 7.38. The molecule has 0 N–H and O–H groups in total. The van der Waals surface area contributed by atoms with Gasteiger partial charge in [0.25, 0.3) is 5.91 Å². The normalized spacial score (nSPS) is 15.1. The Morgan fingerprint density at radius 2 is 1.82 bits per heavy atom. The molecular formula is C16H18N2O4. The van der Waals surface area contributed by atoms with Crippen molar-refractivity contribution in [1.82, 2.24) is 9.80 Å². The smallest absolute Gasteiger partial charge is 0.409 e. The van der Waals surface area contributed by atoms with Crippen LogP contribution in [0, 0.1) is 0 Å². The molecular weight excluding hydrogens is 284 g/mol. The molecule has 1 aliphatic heterocycles. The second kappa shape index (κ2) is 6.09. The summed E-state index contributed by atoms with van der Waals surface area (Å²) in [6.45, 7) is 4.11. The predicted octanol–water partition coefficient (Wildman–Crippen LogP) is 2.35. The zero-order valence-corrected chi connectivity index (χ0v) is 12.4. The minimum absolute atomic E-state index is 0.0616. The van der Waals surface area contributed by atoms with Crippen LogP contribution >= 0.6 is 0 Å². The summed E-state index contributed by atoms with van der Waals surface area (Å²) < 4.78 is 10.4. The lowest BCUT2D eigenvalue weighted by Crippen LogP contribution is -2.50. The van der Waals surface area contributed by atoms with Crippen molar-refractivity contribution in [2.75, 3.05) is 32.8 Å². The molecule has 0 radical (unpaired) electrons. The van der Waals surface area contributed by atoms with Gasteiger partial charge in [-0.3, -0.25) is 4.79 Å². The summed E-state index contributed by atoms with van der Waals surface area (Å²) in [4.78, 5) is 27.6. The van der Waals surface area contributed by atoms with Gasteiger partial charge in [0.2, 0.25) is 0 Å².